The predicted octanol–water partition coefficient (Wildman–Crippen LogP) is 3.71. The van der Waals surface area contributed by atoms with Crippen molar-refractivity contribution < 1.29 is 9.53 Å². The van der Waals surface area contributed by atoms with Crippen molar-refractivity contribution in [2.45, 2.75) is 26.2 Å². The third-order valence-corrected chi connectivity index (χ3v) is 3.89. The van der Waals surface area contributed by atoms with Gasteiger partial charge in [0.1, 0.15) is 5.75 Å². The van der Waals surface area contributed by atoms with E-state index in [1.807, 2.05) is 24.3 Å². The molecule has 0 fully saturated rings. The van der Waals surface area contributed by atoms with Gasteiger partial charge in [-0.25, -0.2) is 0 Å². The van der Waals surface area contributed by atoms with Crippen LogP contribution in [0.3, 0.4) is 0 Å². The normalized spacial score (nSPS) is 10.1. The van der Waals surface area contributed by atoms with Gasteiger partial charge in [-0.3, -0.25) is 10.1 Å². The highest BCUT2D eigenvalue weighted by molar-refractivity contribution is 7.80. The van der Waals surface area contributed by atoms with E-state index in [9.17, 15) is 4.79 Å². The highest BCUT2D eigenvalue weighted by atomic mass is 32.1. The standard InChI is InChI=1S/C20H24N2O2S/c1-2-3-13-21-20(25)22-19(23)17-10-7-11-18(15-17)24-14-12-16-8-5-4-6-9-16/h4-11,15H,2-3,12-14H2,1H3,(H2,21,22,23,25). The average Bonchev–Trinajstić information content (AvgIpc) is 2.63. The Balaban J connectivity index is 1.83. The second kappa shape index (κ2) is 10.5. The predicted molar refractivity (Wildman–Crippen MR) is 105 cm³/mol. The summed E-state index contributed by atoms with van der Waals surface area (Å²) in [5.74, 6) is 0.441. The Kier molecular flexibility index (Phi) is 7.92. The Bertz CT molecular complexity index is 689. The summed E-state index contributed by atoms with van der Waals surface area (Å²) in [5, 5.41) is 6.07. The second-order valence-electron chi connectivity index (χ2n) is 5.68. The van der Waals surface area contributed by atoms with Crippen molar-refractivity contribution in [3.05, 3.63) is 65.7 Å². The van der Waals surface area contributed by atoms with E-state index in [0.29, 0.717) is 23.0 Å². The van der Waals surface area contributed by atoms with Crippen molar-refractivity contribution in [3.63, 3.8) is 0 Å². The zero-order chi connectivity index (χ0) is 17.9. The highest BCUT2D eigenvalue weighted by Crippen LogP contribution is 2.14. The molecule has 2 N–H and O–H groups in total. The maximum Gasteiger partial charge on any atom is 0.257 e. The van der Waals surface area contributed by atoms with Crippen LogP contribution in [0.2, 0.25) is 0 Å². The number of benzene rings is 2. The molecule has 0 atom stereocenters. The average molecular weight is 356 g/mol. The third-order valence-electron chi connectivity index (χ3n) is 3.64. The summed E-state index contributed by atoms with van der Waals surface area (Å²) in [4.78, 5) is 12.2. The summed E-state index contributed by atoms with van der Waals surface area (Å²) >= 11 is 5.13. The number of hydrogen-bond donors (Lipinski definition) is 2. The molecule has 25 heavy (non-hydrogen) atoms. The fourth-order valence-corrected chi connectivity index (χ4v) is 2.45. The minimum absolute atomic E-state index is 0.234. The van der Waals surface area contributed by atoms with Crippen LogP contribution in [0, 0.1) is 0 Å². The van der Waals surface area contributed by atoms with E-state index < -0.39 is 0 Å². The molecule has 4 nitrogen and oxygen atoms in total. The van der Waals surface area contributed by atoms with Gasteiger partial charge in [0.15, 0.2) is 5.11 Å². The number of ether oxygens (including phenoxy) is 1. The molecular weight excluding hydrogens is 332 g/mol. The minimum atomic E-state index is -0.234. The first-order valence-electron chi connectivity index (χ1n) is 8.55. The second-order valence-corrected chi connectivity index (χ2v) is 6.08. The molecule has 0 aromatic heterocycles. The largest absolute Gasteiger partial charge is 0.493 e. The SMILES string of the molecule is CCCCNC(=S)NC(=O)c1cccc(OCCc2ccccc2)c1. The number of carbonyl (C=O) groups excluding carboxylic acids is 1. The van der Waals surface area contributed by atoms with Gasteiger partial charge in [-0.05, 0) is 42.4 Å². The zero-order valence-electron chi connectivity index (χ0n) is 14.5. The van der Waals surface area contributed by atoms with Gasteiger partial charge in [-0.15, -0.1) is 0 Å². The molecular formula is C20H24N2O2S. The van der Waals surface area contributed by atoms with E-state index in [1.54, 1.807) is 18.2 Å². The van der Waals surface area contributed by atoms with Gasteiger partial charge in [-0.1, -0.05) is 49.7 Å². The fourth-order valence-electron chi connectivity index (χ4n) is 2.26. The van der Waals surface area contributed by atoms with Gasteiger partial charge >= 0.3 is 0 Å². The summed E-state index contributed by atoms with van der Waals surface area (Å²) in [6, 6.07) is 17.3. The monoisotopic (exact) mass is 356 g/mol. The van der Waals surface area contributed by atoms with E-state index in [1.165, 1.54) is 5.56 Å². The lowest BCUT2D eigenvalue weighted by Gasteiger charge is -2.10. The van der Waals surface area contributed by atoms with Crippen LogP contribution in [0.1, 0.15) is 35.7 Å². The van der Waals surface area contributed by atoms with E-state index >= 15 is 0 Å². The van der Waals surface area contributed by atoms with Gasteiger partial charge in [0.05, 0.1) is 6.61 Å². The van der Waals surface area contributed by atoms with Crippen LogP contribution in [0.25, 0.3) is 0 Å². The summed E-state index contributed by atoms with van der Waals surface area (Å²) < 4.78 is 5.76. The van der Waals surface area contributed by atoms with Crippen LogP contribution in [0.4, 0.5) is 0 Å². The molecule has 0 unspecified atom stereocenters. The first-order chi connectivity index (χ1) is 12.2. The Labute approximate surface area is 154 Å². The molecule has 0 heterocycles. The molecule has 0 radical (unpaired) electrons. The van der Waals surface area contributed by atoms with E-state index in [-0.39, 0.29) is 5.91 Å². The molecule has 0 saturated heterocycles. The molecule has 1 amide bonds. The molecule has 132 valence electrons. The summed E-state index contributed by atoms with van der Waals surface area (Å²) in [6.45, 7) is 3.43. The topological polar surface area (TPSA) is 50.4 Å². The van der Waals surface area contributed by atoms with Crippen LogP contribution in [0.5, 0.6) is 5.75 Å². The lowest BCUT2D eigenvalue weighted by Crippen LogP contribution is -2.39. The summed E-state index contributed by atoms with van der Waals surface area (Å²) in [7, 11) is 0. The first-order valence-corrected chi connectivity index (χ1v) is 8.96. The van der Waals surface area contributed by atoms with E-state index in [4.69, 9.17) is 17.0 Å². The Morgan fingerprint density at radius 3 is 2.68 bits per heavy atom. The van der Waals surface area contributed by atoms with Gasteiger partial charge in [0, 0.05) is 18.5 Å². The molecule has 2 aromatic carbocycles. The highest BCUT2D eigenvalue weighted by Gasteiger charge is 2.08. The maximum atomic E-state index is 12.2. The zero-order valence-corrected chi connectivity index (χ0v) is 15.3. The molecule has 0 bridgehead atoms. The number of carbonyl (C=O) groups is 1. The number of nitrogens with one attached hydrogen (secondary N) is 2. The third kappa shape index (κ3) is 6.93. The van der Waals surface area contributed by atoms with Gasteiger partial charge in [0.25, 0.3) is 5.91 Å². The molecule has 0 spiro atoms. The van der Waals surface area contributed by atoms with Crippen LogP contribution < -0.4 is 15.4 Å². The molecule has 0 aliphatic rings. The number of amides is 1. The van der Waals surface area contributed by atoms with Crippen LogP contribution >= 0.6 is 12.2 Å². The van der Waals surface area contributed by atoms with Crippen LogP contribution in [-0.2, 0) is 6.42 Å². The minimum Gasteiger partial charge on any atom is -0.493 e. The number of thiocarbonyl (C=S) groups is 1. The first kappa shape index (κ1) is 18.9. The van der Waals surface area contributed by atoms with Crippen LogP contribution in [-0.4, -0.2) is 24.2 Å². The molecule has 2 rings (SSSR count). The van der Waals surface area contributed by atoms with Crippen molar-refractivity contribution in [2.75, 3.05) is 13.2 Å². The van der Waals surface area contributed by atoms with Crippen molar-refractivity contribution >= 4 is 23.2 Å². The Morgan fingerprint density at radius 2 is 1.92 bits per heavy atom. The van der Waals surface area contributed by atoms with E-state index in [2.05, 4.69) is 29.7 Å². The van der Waals surface area contributed by atoms with Crippen LogP contribution in [0.15, 0.2) is 54.6 Å². The number of unbranched alkanes of at least 4 members (excludes halogenated alkanes) is 1. The van der Waals surface area contributed by atoms with Gasteiger partial charge in [-0.2, -0.15) is 0 Å². The van der Waals surface area contributed by atoms with Crippen molar-refractivity contribution in [2.24, 2.45) is 0 Å². The quantitative estimate of drug-likeness (QED) is 0.559. The Morgan fingerprint density at radius 1 is 1.12 bits per heavy atom. The molecule has 0 saturated carbocycles. The number of rotatable bonds is 8. The summed E-state index contributed by atoms with van der Waals surface area (Å²) in [5.41, 5.74) is 1.75. The molecule has 5 heteroatoms. The van der Waals surface area contributed by atoms with Crippen molar-refractivity contribution in [1.82, 2.24) is 10.6 Å². The van der Waals surface area contributed by atoms with Crippen molar-refractivity contribution in [1.29, 1.82) is 0 Å². The summed E-state index contributed by atoms with van der Waals surface area (Å²) in [6.07, 6.45) is 2.91. The lowest BCUT2D eigenvalue weighted by molar-refractivity contribution is 0.0976. The number of hydrogen-bond acceptors (Lipinski definition) is 3. The lowest BCUT2D eigenvalue weighted by atomic mass is 10.2. The molecule has 0 aliphatic carbocycles. The fraction of sp³-hybridized carbons (Fsp3) is 0.300. The molecule has 0 aliphatic heterocycles. The maximum absolute atomic E-state index is 12.2. The smallest absolute Gasteiger partial charge is 0.257 e. The van der Waals surface area contributed by atoms with Gasteiger partial charge in [0.2, 0.25) is 0 Å². The Hall–Kier alpha value is -2.40. The van der Waals surface area contributed by atoms with Crippen molar-refractivity contribution in [3.8, 4) is 5.75 Å². The van der Waals surface area contributed by atoms with E-state index in [0.717, 1.165) is 25.8 Å². The van der Waals surface area contributed by atoms with Gasteiger partial charge < -0.3 is 10.1 Å². The molecule has 2 aromatic rings.